The number of carbonyl (C=O) groups excluding carboxylic acids is 1. The Labute approximate surface area is 159 Å². The van der Waals surface area contributed by atoms with Gasteiger partial charge in [0, 0.05) is 56.3 Å². The van der Waals surface area contributed by atoms with Crippen LogP contribution in [0.15, 0.2) is 36.9 Å². The van der Waals surface area contributed by atoms with E-state index >= 15 is 0 Å². The van der Waals surface area contributed by atoms with E-state index in [0.717, 1.165) is 25.1 Å². The van der Waals surface area contributed by atoms with Gasteiger partial charge in [-0.3, -0.25) is 14.7 Å². The molecule has 1 saturated heterocycles. The smallest absolute Gasteiger partial charge is 0.226 e. The molecule has 0 aliphatic carbocycles. The molecule has 0 spiro atoms. The third-order valence-electron chi connectivity index (χ3n) is 4.34. The van der Waals surface area contributed by atoms with Gasteiger partial charge in [-0.1, -0.05) is 6.92 Å². The summed E-state index contributed by atoms with van der Waals surface area (Å²) in [5.74, 6) is 0.605. The van der Waals surface area contributed by atoms with E-state index in [0.29, 0.717) is 37.8 Å². The molecule has 0 saturated carbocycles. The van der Waals surface area contributed by atoms with Crippen LogP contribution in [0, 0.1) is 0 Å². The summed E-state index contributed by atoms with van der Waals surface area (Å²) in [7, 11) is 0. The molecule has 2 aromatic rings. The number of pyridine rings is 1. The first-order valence-corrected chi connectivity index (χ1v) is 9.31. The highest BCUT2D eigenvalue weighted by Crippen LogP contribution is 2.16. The summed E-state index contributed by atoms with van der Waals surface area (Å²) >= 11 is 0. The number of anilines is 2. The van der Waals surface area contributed by atoms with Gasteiger partial charge in [0.25, 0.3) is 0 Å². The molecule has 1 unspecified atom stereocenters. The molecule has 2 aromatic heterocycles. The highest BCUT2D eigenvalue weighted by Gasteiger charge is 2.25. The molecule has 0 radical (unpaired) electrons. The topological polar surface area (TPSA) is 92.3 Å². The Morgan fingerprint density at radius 1 is 1.33 bits per heavy atom. The summed E-state index contributed by atoms with van der Waals surface area (Å²) in [6.07, 6.45) is 8.39. The molecule has 1 aliphatic heterocycles. The monoisotopic (exact) mass is 370 g/mol. The van der Waals surface area contributed by atoms with Crippen LogP contribution in [0.4, 0.5) is 11.6 Å². The number of aromatic nitrogens is 3. The van der Waals surface area contributed by atoms with Gasteiger partial charge in [-0.15, -0.1) is 0 Å². The van der Waals surface area contributed by atoms with E-state index in [1.807, 2.05) is 18.5 Å². The van der Waals surface area contributed by atoms with Gasteiger partial charge in [-0.2, -0.15) is 0 Å². The second-order valence-electron chi connectivity index (χ2n) is 6.53. The van der Waals surface area contributed by atoms with Crippen LogP contribution in [-0.4, -0.2) is 58.1 Å². The number of ether oxygens (including phenoxy) is 1. The molecule has 0 bridgehead atoms. The summed E-state index contributed by atoms with van der Waals surface area (Å²) in [4.78, 5) is 27.4. The Morgan fingerprint density at radius 2 is 2.19 bits per heavy atom. The summed E-state index contributed by atoms with van der Waals surface area (Å²) in [6, 6.07) is 3.64. The number of hydrogen-bond acceptors (Lipinski definition) is 7. The molecule has 8 heteroatoms. The van der Waals surface area contributed by atoms with Crippen molar-refractivity contribution in [3.63, 3.8) is 0 Å². The first-order valence-electron chi connectivity index (χ1n) is 9.31. The van der Waals surface area contributed by atoms with Crippen molar-refractivity contribution in [2.75, 3.05) is 36.9 Å². The maximum Gasteiger partial charge on any atom is 0.226 e. The van der Waals surface area contributed by atoms with Crippen LogP contribution < -0.4 is 10.6 Å². The number of nitrogens with one attached hydrogen (secondary N) is 2. The van der Waals surface area contributed by atoms with Crippen LogP contribution in [0.3, 0.4) is 0 Å². The predicted octanol–water partition coefficient (Wildman–Crippen LogP) is 1.92. The van der Waals surface area contributed by atoms with Crippen molar-refractivity contribution >= 4 is 17.5 Å². The number of amides is 1. The highest BCUT2D eigenvalue weighted by molar-refractivity contribution is 5.90. The maximum absolute atomic E-state index is 12.4. The summed E-state index contributed by atoms with van der Waals surface area (Å²) in [6.45, 7) is 5.64. The van der Waals surface area contributed by atoms with Crippen molar-refractivity contribution in [1.82, 2.24) is 19.9 Å². The average Bonchev–Trinajstić information content (AvgIpc) is 2.70. The van der Waals surface area contributed by atoms with Crippen molar-refractivity contribution < 1.29 is 9.53 Å². The van der Waals surface area contributed by atoms with Gasteiger partial charge >= 0.3 is 0 Å². The third-order valence-corrected chi connectivity index (χ3v) is 4.34. The quantitative estimate of drug-likeness (QED) is 0.733. The van der Waals surface area contributed by atoms with E-state index in [9.17, 15) is 4.79 Å². The lowest BCUT2D eigenvalue weighted by atomic mass is 10.1. The van der Waals surface area contributed by atoms with E-state index in [1.165, 1.54) is 0 Å². The minimum absolute atomic E-state index is 0.0216. The zero-order valence-corrected chi connectivity index (χ0v) is 15.6. The molecule has 27 heavy (non-hydrogen) atoms. The summed E-state index contributed by atoms with van der Waals surface area (Å²) < 4.78 is 5.59. The van der Waals surface area contributed by atoms with Gasteiger partial charge in [0.1, 0.15) is 0 Å². The SMILES string of the molecule is CCCNc1ncc(CN2CCOCC2CC(=O)Nc2cccnc2)cn1. The number of nitrogens with zero attached hydrogens (tertiary/aromatic N) is 4. The summed E-state index contributed by atoms with van der Waals surface area (Å²) in [5.41, 5.74) is 1.73. The van der Waals surface area contributed by atoms with E-state index in [-0.39, 0.29) is 11.9 Å². The lowest BCUT2D eigenvalue weighted by molar-refractivity contribution is -0.119. The second kappa shape index (κ2) is 9.94. The van der Waals surface area contributed by atoms with E-state index in [1.54, 1.807) is 18.5 Å². The van der Waals surface area contributed by atoms with Crippen LogP contribution in [0.1, 0.15) is 25.3 Å². The zero-order valence-electron chi connectivity index (χ0n) is 15.6. The zero-order chi connectivity index (χ0) is 18.9. The van der Waals surface area contributed by atoms with Gasteiger partial charge < -0.3 is 15.4 Å². The van der Waals surface area contributed by atoms with Crippen LogP contribution >= 0.6 is 0 Å². The molecule has 3 rings (SSSR count). The molecule has 144 valence electrons. The number of morpholine rings is 1. The standard InChI is InChI=1S/C19H26N6O2/c1-2-5-21-19-22-10-15(11-23-19)13-25-7-8-27-14-17(25)9-18(26)24-16-4-3-6-20-12-16/h3-4,6,10-12,17H,2,5,7-9,13-14H2,1H3,(H,24,26)(H,21,22,23). The van der Waals surface area contributed by atoms with Crippen molar-refractivity contribution in [1.29, 1.82) is 0 Å². The normalized spacial score (nSPS) is 17.4. The molecule has 8 nitrogen and oxygen atoms in total. The third kappa shape index (κ3) is 5.97. The Balaban J connectivity index is 1.55. The van der Waals surface area contributed by atoms with Crippen LogP contribution in [-0.2, 0) is 16.1 Å². The molecular weight excluding hydrogens is 344 g/mol. The Hall–Kier alpha value is -2.58. The fraction of sp³-hybridized carbons (Fsp3) is 0.474. The number of rotatable bonds is 8. The molecule has 3 heterocycles. The molecule has 0 aromatic carbocycles. The van der Waals surface area contributed by atoms with Crippen molar-refractivity contribution in [2.24, 2.45) is 0 Å². The van der Waals surface area contributed by atoms with Gasteiger partial charge in [-0.25, -0.2) is 9.97 Å². The lowest BCUT2D eigenvalue weighted by Gasteiger charge is -2.35. The van der Waals surface area contributed by atoms with Crippen molar-refractivity contribution in [3.8, 4) is 0 Å². The van der Waals surface area contributed by atoms with Crippen LogP contribution in [0.2, 0.25) is 0 Å². The molecule has 1 atom stereocenters. The van der Waals surface area contributed by atoms with Gasteiger partial charge in [0.15, 0.2) is 0 Å². The first-order chi connectivity index (χ1) is 13.2. The average molecular weight is 370 g/mol. The molecule has 1 fully saturated rings. The van der Waals surface area contributed by atoms with Crippen molar-refractivity contribution in [3.05, 3.63) is 42.5 Å². The minimum atomic E-state index is -0.0427. The predicted molar refractivity (Wildman–Crippen MR) is 103 cm³/mol. The van der Waals surface area contributed by atoms with E-state index in [2.05, 4.69) is 37.4 Å². The maximum atomic E-state index is 12.4. The van der Waals surface area contributed by atoms with E-state index < -0.39 is 0 Å². The molecule has 2 N–H and O–H groups in total. The van der Waals surface area contributed by atoms with Crippen LogP contribution in [0.25, 0.3) is 0 Å². The second-order valence-corrected chi connectivity index (χ2v) is 6.53. The largest absolute Gasteiger partial charge is 0.378 e. The Morgan fingerprint density at radius 3 is 2.93 bits per heavy atom. The number of hydrogen-bond donors (Lipinski definition) is 2. The Kier molecular flexibility index (Phi) is 7.06. The molecule has 1 aliphatic rings. The van der Waals surface area contributed by atoms with Gasteiger partial charge in [0.05, 0.1) is 25.1 Å². The fourth-order valence-corrected chi connectivity index (χ4v) is 2.95. The molecule has 1 amide bonds. The van der Waals surface area contributed by atoms with Gasteiger partial charge in [-0.05, 0) is 18.6 Å². The first kappa shape index (κ1) is 19.2. The van der Waals surface area contributed by atoms with Crippen LogP contribution in [0.5, 0.6) is 0 Å². The fourth-order valence-electron chi connectivity index (χ4n) is 2.95. The molecular formula is C19H26N6O2. The highest BCUT2D eigenvalue weighted by atomic mass is 16.5. The number of carbonyl (C=O) groups is 1. The van der Waals surface area contributed by atoms with Crippen molar-refractivity contribution in [2.45, 2.75) is 32.4 Å². The van der Waals surface area contributed by atoms with Gasteiger partial charge in [0.2, 0.25) is 11.9 Å². The summed E-state index contributed by atoms with van der Waals surface area (Å²) in [5, 5.41) is 6.05. The Bertz CT molecular complexity index is 710. The lowest BCUT2D eigenvalue weighted by Crippen LogP contribution is -2.46. The minimum Gasteiger partial charge on any atom is -0.378 e. The van der Waals surface area contributed by atoms with E-state index in [4.69, 9.17) is 4.74 Å².